The highest BCUT2D eigenvalue weighted by molar-refractivity contribution is 14.0. The Morgan fingerprint density at radius 2 is 2.04 bits per heavy atom. The van der Waals surface area contributed by atoms with Gasteiger partial charge in [0.25, 0.3) is 0 Å². The van der Waals surface area contributed by atoms with Gasteiger partial charge in [-0.1, -0.05) is 19.1 Å². The Bertz CT molecular complexity index is 662. The first-order chi connectivity index (χ1) is 10.8. The van der Waals surface area contributed by atoms with Crippen LogP contribution in [0.4, 0.5) is 18.9 Å². The number of benzene rings is 1. The predicted molar refractivity (Wildman–Crippen MR) is 101 cm³/mol. The van der Waals surface area contributed by atoms with E-state index in [1.807, 2.05) is 23.8 Å². The van der Waals surface area contributed by atoms with Crippen molar-refractivity contribution in [1.82, 2.24) is 0 Å². The molecule has 4 nitrogen and oxygen atoms in total. The number of nitrogens with one attached hydrogen (secondary N) is 1. The summed E-state index contributed by atoms with van der Waals surface area (Å²) in [6, 6.07) is 7.66. The van der Waals surface area contributed by atoms with E-state index in [9.17, 15) is 13.2 Å². The number of guanidine groups is 1. The fourth-order valence-corrected chi connectivity index (χ4v) is 2.64. The van der Waals surface area contributed by atoms with Gasteiger partial charge in [0.2, 0.25) is 0 Å². The lowest BCUT2D eigenvalue weighted by molar-refractivity contribution is -0.274. The third-order valence-corrected chi connectivity index (χ3v) is 3.72. The Morgan fingerprint density at radius 1 is 1.33 bits per heavy atom. The molecule has 2 rings (SSSR count). The average molecular weight is 471 g/mol. The minimum absolute atomic E-state index is 0. The number of nitrogens with two attached hydrogens (primary N) is 1. The van der Waals surface area contributed by atoms with Crippen LogP contribution in [0, 0.1) is 0 Å². The third kappa shape index (κ3) is 6.56. The highest BCUT2D eigenvalue weighted by Crippen LogP contribution is 2.29. The van der Waals surface area contributed by atoms with Crippen LogP contribution < -0.4 is 15.8 Å². The number of aliphatic imine (C=N–C) groups is 1. The number of thiophene rings is 1. The molecule has 0 radical (unpaired) electrons. The lowest BCUT2D eigenvalue weighted by atomic mass is 10.1. The lowest BCUT2D eigenvalue weighted by Gasteiger charge is -2.14. The molecule has 0 saturated heterocycles. The van der Waals surface area contributed by atoms with Gasteiger partial charge in [0.15, 0.2) is 11.7 Å². The van der Waals surface area contributed by atoms with Crippen LogP contribution in [0.15, 0.2) is 46.1 Å². The molecule has 1 atom stereocenters. The van der Waals surface area contributed by atoms with Crippen LogP contribution in [0.25, 0.3) is 0 Å². The molecule has 9 heteroatoms. The molecule has 0 saturated carbocycles. The summed E-state index contributed by atoms with van der Waals surface area (Å²) in [4.78, 5) is 4.16. The molecule has 0 aliphatic carbocycles. The number of alkyl halides is 3. The Morgan fingerprint density at radius 3 is 2.67 bits per heavy atom. The molecule has 0 aliphatic heterocycles. The first kappa shape index (κ1) is 20.6. The molecular weight excluding hydrogens is 454 g/mol. The molecule has 1 unspecified atom stereocenters. The standard InChI is InChI=1S/C15H16F3N3OS.HI/c1-10(11-6-7-23-9-11)8-20-14(19)21-12-4-2-3-5-13(12)22-15(16,17)18;/h2-7,9-10H,8H2,1H3,(H3,19,20,21);1H. The molecule has 1 aromatic carbocycles. The van der Waals surface area contributed by atoms with Gasteiger partial charge in [0.1, 0.15) is 0 Å². The van der Waals surface area contributed by atoms with E-state index in [1.165, 1.54) is 18.2 Å². The summed E-state index contributed by atoms with van der Waals surface area (Å²) >= 11 is 1.59. The number of anilines is 1. The number of ether oxygens (including phenoxy) is 1. The van der Waals surface area contributed by atoms with Gasteiger partial charge < -0.3 is 15.8 Å². The minimum atomic E-state index is -4.77. The molecule has 1 heterocycles. The number of nitrogens with zero attached hydrogens (tertiary/aromatic N) is 1. The Balaban J connectivity index is 0.00000288. The van der Waals surface area contributed by atoms with Crippen LogP contribution in [0.2, 0.25) is 0 Å². The van der Waals surface area contributed by atoms with E-state index in [0.29, 0.717) is 6.54 Å². The van der Waals surface area contributed by atoms with Crippen LogP contribution in [-0.2, 0) is 0 Å². The van der Waals surface area contributed by atoms with Crippen molar-refractivity contribution in [2.45, 2.75) is 19.2 Å². The molecule has 0 spiro atoms. The fraction of sp³-hybridized carbons (Fsp3) is 0.267. The largest absolute Gasteiger partial charge is 0.573 e. The molecule has 0 amide bonds. The lowest BCUT2D eigenvalue weighted by Crippen LogP contribution is -2.25. The zero-order valence-electron chi connectivity index (χ0n) is 12.7. The van der Waals surface area contributed by atoms with Crippen molar-refractivity contribution < 1.29 is 17.9 Å². The van der Waals surface area contributed by atoms with Crippen LogP contribution in [0.1, 0.15) is 18.4 Å². The molecule has 132 valence electrons. The van der Waals surface area contributed by atoms with Gasteiger partial charge in [-0.2, -0.15) is 11.3 Å². The van der Waals surface area contributed by atoms with Crippen molar-refractivity contribution in [2.24, 2.45) is 10.7 Å². The maximum Gasteiger partial charge on any atom is 0.573 e. The van der Waals surface area contributed by atoms with E-state index in [-0.39, 0.29) is 47.3 Å². The topological polar surface area (TPSA) is 59.6 Å². The Kier molecular flexibility index (Phi) is 7.80. The maximum absolute atomic E-state index is 12.4. The van der Waals surface area contributed by atoms with E-state index < -0.39 is 6.36 Å². The second-order valence-electron chi connectivity index (χ2n) is 4.85. The van der Waals surface area contributed by atoms with Gasteiger partial charge in [-0.05, 0) is 34.5 Å². The molecule has 0 bridgehead atoms. The van der Waals surface area contributed by atoms with Crippen molar-refractivity contribution >= 4 is 47.0 Å². The van der Waals surface area contributed by atoms with Crippen molar-refractivity contribution in [3.8, 4) is 5.75 Å². The predicted octanol–water partition coefficient (Wildman–Crippen LogP) is 4.80. The maximum atomic E-state index is 12.4. The van der Waals surface area contributed by atoms with Crippen LogP contribution in [0.3, 0.4) is 0 Å². The van der Waals surface area contributed by atoms with Crippen LogP contribution in [-0.4, -0.2) is 18.9 Å². The Labute approximate surface area is 158 Å². The highest BCUT2D eigenvalue weighted by Gasteiger charge is 2.32. The van der Waals surface area contributed by atoms with E-state index in [1.54, 1.807) is 17.4 Å². The van der Waals surface area contributed by atoms with Gasteiger partial charge in [-0.15, -0.1) is 37.1 Å². The summed E-state index contributed by atoms with van der Waals surface area (Å²) in [6.45, 7) is 2.43. The molecule has 0 aliphatic rings. The SMILES string of the molecule is CC(CN=C(N)Nc1ccccc1OC(F)(F)F)c1ccsc1.I. The average Bonchev–Trinajstić information content (AvgIpc) is 2.99. The number of para-hydroxylation sites is 2. The monoisotopic (exact) mass is 471 g/mol. The van der Waals surface area contributed by atoms with Crippen molar-refractivity contribution in [1.29, 1.82) is 0 Å². The Hall–Kier alpha value is -1.49. The summed E-state index contributed by atoms with van der Waals surface area (Å²) in [5, 5.41) is 6.64. The van der Waals surface area contributed by atoms with Gasteiger partial charge >= 0.3 is 6.36 Å². The zero-order valence-corrected chi connectivity index (χ0v) is 15.9. The highest BCUT2D eigenvalue weighted by atomic mass is 127. The smallest absolute Gasteiger partial charge is 0.404 e. The van der Waals surface area contributed by atoms with E-state index in [2.05, 4.69) is 15.0 Å². The molecule has 1 aromatic heterocycles. The van der Waals surface area contributed by atoms with Crippen molar-refractivity contribution in [2.75, 3.05) is 11.9 Å². The third-order valence-electron chi connectivity index (χ3n) is 3.02. The second kappa shape index (κ2) is 9.11. The first-order valence-corrected chi connectivity index (χ1v) is 7.73. The number of rotatable bonds is 5. The van der Waals surface area contributed by atoms with E-state index in [0.717, 1.165) is 5.56 Å². The minimum Gasteiger partial charge on any atom is -0.404 e. The number of hydrogen-bond donors (Lipinski definition) is 2. The summed E-state index contributed by atoms with van der Waals surface area (Å²) in [5.74, 6) is -0.155. The van der Waals surface area contributed by atoms with Crippen LogP contribution in [0.5, 0.6) is 5.75 Å². The summed E-state index contributed by atoms with van der Waals surface area (Å²) in [6.07, 6.45) is -4.77. The van der Waals surface area contributed by atoms with Gasteiger partial charge in [-0.3, -0.25) is 4.99 Å². The van der Waals surface area contributed by atoms with E-state index >= 15 is 0 Å². The molecule has 3 N–H and O–H groups in total. The fourth-order valence-electron chi connectivity index (χ4n) is 1.86. The summed E-state index contributed by atoms with van der Waals surface area (Å²) in [5.41, 5.74) is 7.00. The molecule has 24 heavy (non-hydrogen) atoms. The molecule has 2 aromatic rings. The van der Waals surface area contributed by atoms with Crippen molar-refractivity contribution in [3.05, 3.63) is 46.7 Å². The summed E-state index contributed by atoms with van der Waals surface area (Å²) < 4.78 is 41.0. The molecular formula is C15H17F3IN3OS. The van der Waals surface area contributed by atoms with Crippen LogP contribution >= 0.6 is 35.3 Å². The second-order valence-corrected chi connectivity index (χ2v) is 5.63. The quantitative estimate of drug-likeness (QED) is 0.375. The molecule has 0 fully saturated rings. The zero-order chi connectivity index (χ0) is 16.9. The number of hydrogen-bond acceptors (Lipinski definition) is 3. The van der Waals surface area contributed by atoms with E-state index in [4.69, 9.17) is 5.73 Å². The van der Waals surface area contributed by atoms with Gasteiger partial charge in [0, 0.05) is 12.5 Å². The normalized spacial score (nSPS) is 13.1. The van der Waals surface area contributed by atoms with Gasteiger partial charge in [0.05, 0.1) is 5.69 Å². The number of halogens is 4. The van der Waals surface area contributed by atoms with Crippen molar-refractivity contribution in [3.63, 3.8) is 0 Å². The van der Waals surface area contributed by atoms with Gasteiger partial charge in [-0.25, -0.2) is 0 Å². The first-order valence-electron chi connectivity index (χ1n) is 6.79. The summed E-state index contributed by atoms with van der Waals surface area (Å²) in [7, 11) is 0.